The van der Waals surface area contributed by atoms with Gasteiger partial charge < -0.3 is 16.0 Å². The van der Waals surface area contributed by atoms with E-state index in [1.807, 2.05) is 30.9 Å². The van der Waals surface area contributed by atoms with Crippen LogP contribution in [0, 0.1) is 0 Å². The van der Waals surface area contributed by atoms with Gasteiger partial charge in [-0.2, -0.15) is 0 Å². The fraction of sp³-hybridized carbons (Fsp3) is 0.385. The maximum Gasteiger partial charge on any atom is 0.221 e. The lowest BCUT2D eigenvalue weighted by atomic mass is 10.3. The maximum atomic E-state index is 10.9. The Morgan fingerprint density at radius 1 is 1.28 bits per heavy atom. The van der Waals surface area contributed by atoms with E-state index < -0.39 is 0 Å². The highest BCUT2D eigenvalue weighted by molar-refractivity contribution is 5.89. The second-order valence-electron chi connectivity index (χ2n) is 3.87. The van der Waals surface area contributed by atoms with E-state index in [4.69, 9.17) is 5.73 Å². The lowest BCUT2D eigenvalue weighted by Crippen LogP contribution is -2.36. The summed E-state index contributed by atoms with van der Waals surface area (Å²) in [5, 5.41) is 2.70. The molecule has 0 atom stereocenters. The topological polar surface area (TPSA) is 70.7 Å². The number of carbonyl (C=O) groups is 1. The number of guanidine groups is 1. The number of nitrogens with one attached hydrogen (secondary N) is 1. The van der Waals surface area contributed by atoms with Crippen LogP contribution in [-0.2, 0) is 4.79 Å². The molecule has 0 aliphatic heterocycles. The van der Waals surface area contributed by atoms with Crippen molar-refractivity contribution in [3.63, 3.8) is 0 Å². The van der Waals surface area contributed by atoms with Crippen molar-refractivity contribution < 1.29 is 4.79 Å². The molecule has 0 aliphatic rings. The second-order valence-corrected chi connectivity index (χ2v) is 3.87. The molecule has 0 unspecified atom stereocenters. The van der Waals surface area contributed by atoms with E-state index in [1.165, 1.54) is 6.92 Å². The monoisotopic (exact) mass is 248 g/mol. The summed E-state index contributed by atoms with van der Waals surface area (Å²) in [6.07, 6.45) is 0. The SMILES string of the molecule is CCN(CC)C(N)=Nc1ccc(NC(C)=O)cc1. The third-order valence-electron chi connectivity index (χ3n) is 2.52. The number of anilines is 1. The van der Waals surface area contributed by atoms with E-state index in [9.17, 15) is 4.79 Å². The van der Waals surface area contributed by atoms with Gasteiger partial charge in [0.2, 0.25) is 5.91 Å². The van der Waals surface area contributed by atoms with Gasteiger partial charge in [0, 0.05) is 25.7 Å². The summed E-state index contributed by atoms with van der Waals surface area (Å²) in [5.41, 5.74) is 7.42. The summed E-state index contributed by atoms with van der Waals surface area (Å²) in [6, 6.07) is 7.24. The highest BCUT2D eigenvalue weighted by Crippen LogP contribution is 2.16. The van der Waals surface area contributed by atoms with Gasteiger partial charge in [-0.05, 0) is 38.1 Å². The number of nitrogens with two attached hydrogens (primary N) is 1. The van der Waals surface area contributed by atoms with Crippen molar-refractivity contribution in [1.82, 2.24) is 4.90 Å². The molecule has 5 nitrogen and oxygen atoms in total. The van der Waals surface area contributed by atoms with Gasteiger partial charge in [0.15, 0.2) is 5.96 Å². The molecule has 0 saturated heterocycles. The van der Waals surface area contributed by atoms with Gasteiger partial charge >= 0.3 is 0 Å². The number of carbonyl (C=O) groups excluding carboxylic acids is 1. The lowest BCUT2D eigenvalue weighted by Gasteiger charge is -2.19. The van der Waals surface area contributed by atoms with Crippen molar-refractivity contribution in [2.45, 2.75) is 20.8 Å². The summed E-state index contributed by atoms with van der Waals surface area (Å²) in [4.78, 5) is 17.2. The van der Waals surface area contributed by atoms with Crippen LogP contribution in [-0.4, -0.2) is 29.9 Å². The standard InChI is InChI=1S/C13H20N4O/c1-4-17(5-2)13(14)16-12-8-6-11(7-9-12)15-10(3)18/h6-9H,4-5H2,1-3H3,(H2,14,16)(H,15,18). The summed E-state index contributed by atoms with van der Waals surface area (Å²) in [7, 11) is 0. The Balaban J connectivity index is 2.79. The highest BCUT2D eigenvalue weighted by Gasteiger charge is 2.02. The van der Waals surface area contributed by atoms with Gasteiger partial charge in [-0.1, -0.05) is 0 Å². The molecule has 18 heavy (non-hydrogen) atoms. The van der Waals surface area contributed by atoms with Gasteiger partial charge in [-0.25, -0.2) is 4.99 Å². The molecule has 5 heteroatoms. The van der Waals surface area contributed by atoms with E-state index in [2.05, 4.69) is 10.3 Å². The first-order valence-electron chi connectivity index (χ1n) is 6.03. The van der Waals surface area contributed by atoms with Crippen LogP contribution >= 0.6 is 0 Å². The van der Waals surface area contributed by atoms with E-state index in [-0.39, 0.29) is 5.91 Å². The van der Waals surface area contributed by atoms with E-state index in [0.29, 0.717) is 5.96 Å². The molecule has 0 aromatic heterocycles. The predicted octanol–water partition coefficient (Wildman–Crippen LogP) is 1.93. The Bertz CT molecular complexity index is 421. The molecule has 98 valence electrons. The number of hydrogen-bond donors (Lipinski definition) is 2. The molecule has 1 rings (SSSR count). The fourth-order valence-corrected chi connectivity index (χ4v) is 1.57. The predicted molar refractivity (Wildman–Crippen MR) is 74.9 cm³/mol. The van der Waals surface area contributed by atoms with Crippen molar-refractivity contribution in [3.05, 3.63) is 24.3 Å². The Hall–Kier alpha value is -2.04. The van der Waals surface area contributed by atoms with Crippen LogP contribution in [0.1, 0.15) is 20.8 Å². The molecule has 0 aliphatic carbocycles. The number of hydrogen-bond acceptors (Lipinski definition) is 2. The minimum atomic E-state index is -0.0890. The van der Waals surface area contributed by atoms with Crippen LogP contribution in [0.2, 0.25) is 0 Å². The Morgan fingerprint density at radius 2 is 1.83 bits per heavy atom. The number of benzene rings is 1. The molecular weight excluding hydrogens is 228 g/mol. The molecule has 0 bridgehead atoms. The van der Waals surface area contributed by atoms with Crippen LogP contribution in [0.4, 0.5) is 11.4 Å². The van der Waals surface area contributed by atoms with Crippen molar-refractivity contribution in [2.75, 3.05) is 18.4 Å². The van der Waals surface area contributed by atoms with Crippen LogP contribution in [0.25, 0.3) is 0 Å². The molecule has 3 N–H and O–H groups in total. The molecule has 0 radical (unpaired) electrons. The molecular formula is C13H20N4O. The van der Waals surface area contributed by atoms with Crippen molar-refractivity contribution >= 4 is 23.2 Å². The molecule has 1 amide bonds. The third-order valence-corrected chi connectivity index (χ3v) is 2.52. The largest absolute Gasteiger partial charge is 0.369 e. The van der Waals surface area contributed by atoms with Crippen molar-refractivity contribution in [1.29, 1.82) is 0 Å². The molecule has 1 aromatic carbocycles. The zero-order chi connectivity index (χ0) is 13.5. The van der Waals surface area contributed by atoms with Gasteiger partial charge in [0.25, 0.3) is 0 Å². The van der Waals surface area contributed by atoms with Crippen LogP contribution in [0.15, 0.2) is 29.3 Å². The van der Waals surface area contributed by atoms with Gasteiger partial charge in [-0.15, -0.1) is 0 Å². The number of rotatable bonds is 4. The van der Waals surface area contributed by atoms with Crippen molar-refractivity contribution in [2.24, 2.45) is 10.7 Å². The summed E-state index contributed by atoms with van der Waals surface area (Å²) < 4.78 is 0. The normalized spacial score (nSPS) is 11.2. The van der Waals surface area contributed by atoms with E-state index >= 15 is 0 Å². The molecule has 0 fully saturated rings. The highest BCUT2D eigenvalue weighted by atomic mass is 16.1. The van der Waals surface area contributed by atoms with Gasteiger partial charge in [-0.3, -0.25) is 4.79 Å². The molecule has 1 aromatic rings. The maximum absolute atomic E-state index is 10.9. The fourth-order valence-electron chi connectivity index (χ4n) is 1.57. The first kappa shape index (κ1) is 14.0. The second kappa shape index (κ2) is 6.64. The van der Waals surface area contributed by atoms with Crippen molar-refractivity contribution in [3.8, 4) is 0 Å². The minimum Gasteiger partial charge on any atom is -0.369 e. The average Bonchev–Trinajstić information content (AvgIpc) is 2.32. The van der Waals surface area contributed by atoms with Gasteiger partial charge in [0.1, 0.15) is 0 Å². The molecule has 0 saturated carbocycles. The number of aliphatic imine (C=N–C) groups is 1. The van der Waals surface area contributed by atoms with E-state index in [0.717, 1.165) is 24.5 Å². The summed E-state index contributed by atoms with van der Waals surface area (Å²) >= 11 is 0. The smallest absolute Gasteiger partial charge is 0.221 e. The van der Waals surface area contributed by atoms with Crippen LogP contribution < -0.4 is 11.1 Å². The first-order chi connectivity index (χ1) is 8.56. The van der Waals surface area contributed by atoms with Crippen LogP contribution in [0.5, 0.6) is 0 Å². The lowest BCUT2D eigenvalue weighted by molar-refractivity contribution is -0.114. The third kappa shape index (κ3) is 4.08. The van der Waals surface area contributed by atoms with Gasteiger partial charge in [0.05, 0.1) is 5.69 Å². The van der Waals surface area contributed by atoms with E-state index in [1.54, 1.807) is 12.1 Å². The zero-order valence-corrected chi connectivity index (χ0v) is 11.1. The quantitative estimate of drug-likeness (QED) is 0.632. The number of amides is 1. The Labute approximate surface area is 108 Å². The Kier molecular flexibility index (Phi) is 5.17. The minimum absolute atomic E-state index is 0.0890. The first-order valence-corrected chi connectivity index (χ1v) is 6.03. The average molecular weight is 248 g/mol. The number of nitrogens with zero attached hydrogens (tertiary/aromatic N) is 2. The van der Waals surface area contributed by atoms with Crippen LogP contribution in [0.3, 0.4) is 0 Å². The summed E-state index contributed by atoms with van der Waals surface area (Å²) in [5.74, 6) is 0.418. The zero-order valence-electron chi connectivity index (χ0n) is 11.1. The Morgan fingerprint density at radius 3 is 2.28 bits per heavy atom. The molecule has 0 spiro atoms. The summed E-state index contributed by atoms with van der Waals surface area (Å²) in [6.45, 7) is 7.20. The molecule has 0 heterocycles.